The topological polar surface area (TPSA) is 0 Å². The average Bonchev–Trinajstić information content (AvgIpc) is 2.68. The third-order valence-electron chi connectivity index (χ3n) is 5.96. The van der Waals surface area contributed by atoms with E-state index in [9.17, 15) is 0 Å². The summed E-state index contributed by atoms with van der Waals surface area (Å²) in [6.07, 6.45) is 7.10. The highest BCUT2D eigenvalue weighted by molar-refractivity contribution is 5.24. The molecule has 84 valence electrons. The van der Waals surface area contributed by atoms with Crippen LogP contribution >= 0.6 is 0 Å². The summed E-state index contributed by atoms with van der Waals surface area (Å²) < 4.78 is 0. The minimum Gasteiger partial charge on any atom is -0.0995 e. The van der Waals surface area contributed by atoms with Gasteiger partial charge in [-0.15, -0.1) is 0 Å². The largest absolute Gasteiger partial charge is 0.0995 e. The van der Waals surface area contributed by atoms with Gasteiger partial charge in [0.2, 0.25) is 0 Å². The van der Waals surface area contributed by atoms with Crippen LogP contribution in [0.2, 0.25) is 0 Å². The van der Waals surface area contributed by atoms with Gasteiger partial charge in [-0.2, -0.15) is 0 Å². The van der Waals surface area contributed by atoms with Crippen molar-refractivity contribution in [3.8, 4) is 0 Å². The second kappa shape index (κ2) is 2.70. The van der Waals surface area contributed by atoms with E-state index in [1.807, 2.05) is 0 Å². The van der Waals surface area contributed by atoms with Crippen LogP contribution in [0, 0.1) is 28.6 Å². The zero-order valence-electron chi connectivity index (χ0n) is 10.5. The van der Waals surface area contributed by atoms with Crippen LogP contribution in [0.4, 0.5) is 0 Å². The van der Waals surface area contributed by atoms with Gasteiger partial charge in [-0.3, -0.25) is 0 Å². The molecule has 0 aliphatic heterocycles. The van der Waals surface area contributed by atoms with E-state index >= 15 is 0 Å². The summed E-state index contributed by atoms with van der Waals surface area (Å²) in [5.41, 5.74) is 2.83. The lowest BCUT2D eigenvalue weighted by molar-refractivity contribution is 0.0923. The van der Waals surface area contributed by atoms with E-state index in [0.29, 0.717) is 10.8 Å². The summed E-state index contributed by atoms with van der Waals surface area (Å²) in [4.78, 5) is 0. The maximum absolute atomic E-state index is 4.39. The van der Waals surface area contributed by atoms with E-state index in [1.54, 1.807) is 5.57 Å². The van der Waals surface area contributed by atoms with Gasteiger partial charge in [0.15, 0.2) is 0 Å². The van der Waals surface area contributed by atoms with Crippen molar-refractivity contribution in [2.45, 2.75) is 52.9 Å². The fourth-order valence-corrected chi connectivity index (χ4v) is 4.98. The molecule has 15 heavy (non-hydrogen) atoms. The van der Waals surface area contributed by atoms with Crippen molar-refractivity contribution in [1.29, 1.82) is 0 Å². The van der Waals surface area contributed by atoms with Gasteiger partial charge in [0.25, 0.3) is 0 Å². The summed E-state index contributed by atoms with van der Waals surface area (Å²) >= 11 is 0. The maximum Gasteiger partial charge on any atom is -0.0116 e. The molecule has 0 aromatic heterocycles. The Hall–Kier alpha value is -0.260. The summed E-state index contributed by atoms with van der Waals surface area (Å²) in [5.74, 6) is 2.86. The van der Waals surface area contributed by atoms with Crippen LogP contribution in [0.25, 0.3) is 0 Å². The molecule has 0 heterocycles. The van der Waals surface area contributed by atoms with Crippen molar-refractivity contribution < 1.29 is 0 Å². The van der Waals surface area contributed by atoms with Crippen LogP contribution in [0.3, 0.4) is 0 Å². The number of hydrogen-bond acceptors (Lipinski definition) is 0. The van der Waals surface area contributed by atoms with E-state index in [4.69, 9.17) is 0 Å². The van der Waals surface area contributed by atoms with Gasteiger partial charge in [-0.25, -0.2) is 0 Å². The second-order valence-electron chi connectivity index (χ2n) is 7.14. The first-order chi connectivity index (χ1) is 6.97. The molecule has 0 aromatic carbocycles. The Morgan fingerprint density at radius 1 is 1.20 bits per heavy atom. The quantitative estimate of drug-likeness (QED) is 0.513. The Bertz CT molecular complexity index is 312. The maximum atomic E-state index is 4.39. The molecule has 4 unspecified atom stereocenters. The Morgan fingerprint density at radius 2 is 1.93 bits per heavy atom. The van der Waals surface area contributed by atoms with Crippen molar-refractivity contribution in [2.24, 2.45) is 28.6 Å². The molecular formula is C15H24. The lowest BCUT2D eigenvalue weighted by atomic mass is 9.58. The van der Waals surface area contributed by atoms with E-state index in [2.05, 4.69) is 27.4 Å². The van der Waals surface area contributed by atoms with Crippen LogP contribution in [0.15, 0.2) is 12.2 Å². The van der Waals surface area contributed by atoms with Gasteiger partial charge < -0.3 is 0 Å². The van der Waals surface area contributed by atoms with Crippen molar-refractivity contribution in [2.75, 3.05) is 0 Å². The molecule has 0 nitrogen and oxygen atoms in total. The van der Waals surface area contributed by atoms with Crippen LogP contribution in [-0.2, 0) is 0 Å². The first kappa shape index (κ1) is 9.93. The van der Waals surface area contributed by atoms with Crippen molar-refractivity contribution >= 4 is 0 Å². The third kappa shape index (κ3) is 1.14. The zero-order valence-corrected chi connectivity index (χ0v) is 10.5. The molecule has 0 spiro atoms. The van der Waals surface area contributed by atoms with Crippen LogP contribution in [-0.4, -0.2) is 0 Å². The molecule has 0 saturated heterocycles. The highest BCUT2D eigenvalue weighted by atomic mass is 14.7. The van der Waals surface area contributed by atoms with Gasteiger partial charge in [0, 0.05) is 0 Å². The number of fused-ring (bicyclic) bond motifs is 3. The second-order valence-corrected chi connectivity index (χ2v) is 7.14. The lowest BCUT2D eigenvalue weighted by Gasteiger charge is -2.46. The molecule has 0 aromatic rings. The molecule has 4 atom stereocenters. The fourth-order valence-electron chi connectivity index (χ4n) is 4.98. The molecule has 3 fully saturated rings. The van der Waals surface area contributed by atoms with Crippen LogP contribution < -0.4 is 0 Å². The van der Waals surface area contributed by atoms with Crippen LogP contribution in [0.1, 0.15) is 52.9 Å². The molecule has 3 rings (SSSR count). The molecular weight excluding hydrogens is 180 g/mol. The van der Waals surface area contributed by atoms with Gasteiger partial charge >= 0.3 is 0 Å². The molecule has 0 bridgehead atoms. The van der Waals surface area contributed by atoms with E-state index in [0.717, 1.165) is 17.8 Å². The molecule has 3 aliphatic carbocycles. The smallest absolute Gasteiger partial charge is 0.0116 e. The highest BCUT2D eigenvalue weighted by Gasteiger charge is 2.66. The predicted octanol–water partition coefficient (Wildman–Crippen LogP) is 4.42. The van der Waals surface area contributed by atoms with E-state index < -0.39 is 0 Å². The molecule has 0 amide bonds. The molecule has 3 saturated carbocycles. The standard InChI is InChI=1S/C15H24/c1-10-6-5-8-15(4)9-7-11-13(12(10)15)14(11,2)3/h11-13H,1,5-9H2,2-4H3. The first-order valence-electron chi connectivity index (χ1n) is 6.64. The normalized spacial score (nSPS) is 51.9. The Morgan fingerprint density at radius 3 is 2.67 bits per heavy atom. The Balaban J connectivity index is 1.95. The summed E-state index contributed by atoms with van der Waals surface area (Å²) in [5, 5.41) is 0. The van der Waals surface area contributed by atoms with Gasteiger partial charge in [-0.05, 0) is 60.7 Å². The zero-order chi connectivity index (χ0) is 10.8. The number of hydrogen-bond donors (Lipinski definition) is 0. The number of allylic oxidation sites excluding steroid dienone is 1. The van der Waals surface area contributed by atoms with Gasteiger partial charge in [-0.1, -0.05) is 32.9 Å². The van der Waals surface area contributed by atoms with Gasteiger partial charge in [0.05, 0.1) is 0 Å². The van der Waals surface area contributed by atoms with Crippen molar-refractivity contribution in [3.63, 3.8) is 0 Å². The summed E-state index contributed by atoms with van der Waals surface area (Å²) in [7, 11) is 0. The minimum atomic E-state index is 0.615. The minimum absolute atomic E-state index is 0.615. The molecule has 0 heteroatoms. The van der Waals surface area contributed by atoms with Gasteiger partial charge in [0.1, 0.15) is 0 Å². The lowest BCUT2D eigenvalue weighted by Crippen LogP contribution is -2.37. The molecule has 0 radical (unpaired) electrons. The summed E-state index contributed by atoms with van der Waals surface area (Å²) in [6, 6.07) is 0. The highest BCUT2D eigenvalue weighted by Crippen LogP contribution is 2.73. The monoisotopic (exact) mass is 204 g/mol. The first-order valence-corrected chi connectivity index (χ1v) is 6.64. The van der Waals surface area contributed by atoms with Crippen molar-refractivity contribution in [1.82, 2.24) is 0 Å². The third-order valence-corrected chi connectivity index (χ3v) is 5.96. The average molecular weight is 204 g/mol. The number of rotatable bonds is 0. The van der Waals surface area contributed by atoms with Crippen LogP contribution in [0.5, 0.6) is 0 Å². The fraction of sp³-hybridized carbons (Fsp3) is 0.867. The van der Waals surface area contributed by atoms with E-state index in [-0.39, 0.29) is 0 Å². The molecule has 0 N–H and O–H groups in total. The van der Waals surface area contributed by atoms with E-state index in [1.165, 1.54) is 32.1 Å². The Labute approximate surface area is 94.1 Å². The van der Waals surface area contributed by atoms with Crippen molar-refractivity contribution in [3.05, 3.63) is 12.2 Å². The SMILES string of the molecule is C=C1CCCC2(C)CCC3C(C12)C3(C)C. The summed E-state index contributed by atoms with van der Waals surface area (Å²) in [6.45, 7) is 11.9. The Kier molecular flexibility index (Phi) is 1.79. The molecule has 3 aliphatic rings. The predicted molar refractivity (Wildman–Crippen MR) is 64.6 cm³/mol.